The smallest absolute Gasteiger partial charge is 0.323 e. The van der Waals surface area contributed by atoms with Crippen LogP contribution in [-0.4, -0.2) is 42.2 Å². The van der Waals surface area contributed by atoms with Gasteiger partial charge in [0.15, 0.2) is 0 Å². The van der Waals surface area contributed by atoms with Crippen molar-refractivity contribution < 1.29 is 4.74 Å². The highest BCUT2D eigenvalue weighted by atomic mass is 16.5. The summed E-state index contributed by atoms with van der Waals surface area (Å²) in [4.78, 5) is 14.7. The molecule has 0 aliphatic carbocycles. The molecule has 20 heavy (non-hydrogen) atoms. The normalized spacial score (nSPS) is 10.4. The van der Waals surface area contributed by atoms with E-state index in [0.717, 1.165) is 13.0 Å². The second-order valence-electron chi connectivity index (χ2n) is 4.93. The molecular weight excluding hydrogens is 254 g/mol. The summed E-state index contributed by atoms with van der Waals surface area (Å²) in [5.41, 5.74) is 0. The number of nitrogens with zero attached hydrogens (tertiary/aromatic N) is 4. The number of ether oxygens (including phenoxy) is 1. The molecule has 1 heterocycles. The van der Waals surface area contributed by atoms with E-state index < -0.39 is 0 Å². The van der Waals surface area contributed by atoms with Crippen LogP contribution in [-0.2, 0) is 0 Å². The summed E-state index contributed by atoms with van der Waals surface area (Å²) < 4.78 is 5.64. The Bertz CT molecular complexity index is 384. The lowest BCUT2D eigenvalue weighted by Crippen LogP contribution is -2.16. The summed E-state index contributed by atoms with van der Waals surface area (Å²) in [5, 5.41) is 3.09. The van der Waals surface area contributed by atoms with E-state index in [4.69, 9.17) is 4.74 Å². The Balaban J connectivity index is 2.50. The van der Waals surface area contributed by atoms with Crippen molar-refractivity contribution in [3.63, 3.8) is 0 Å². The zero-order valence-electron chi connectivity index (χ0n) is 13.1. The van der Waals surface area contributed by atoms with Gasteiger partial charge >= 0.3 is 6.01 Å². The van der Waals surface area contributed by atoms with E-state index in [1.54, 1.807) is 0 Å². The molecule has 0 aromatic carbocycles. The molecular formula is C14H27N5O. The third-order valence-corrected chi connectivity index (χ3v) is 2.82. The Morgan fingerprint density at radius 1 is 1.00 bits per heavy atom. The van der Waals surface area contributed by atoms with Crippen LogP contribution >= 0.6 is 0 Å². The van der Waals surface area contributed by atoms with E-state index >= 15 is 0 Å². The molecule has 0 unspecified atom stereocenters. The molecule has 6 nitrogen and oxygen atoms in total. The maximum atomic E-state index is 5.64. The van der Waals surface area contributed by atoms with Gasteiger partial charge in [-0.1, -0.05) is 32.6 Å². The van der Waals surface area contributed by atoms with Crippen LogP contribution in [0.15, 0.2) is 0 Å². The minimum atomic E-state index is 0.398. The van der Waals surface area contributed by atoms with E-state index in [1.165, 1.54) is 25.7 Å². The van der Waals surface area contributed by atoms with Gasteiger partial charge in [-0.3, -0.25) is 0 Å². The maximum absolute atomic E-state index is 5.64. The maximum Gasteiger partial charge on any atom is 0.323 e. The Kier molecular flexibility index (Phi) is 7.69. The second-order valence-corrected chi connectivity index (χ2v) is 4.93. The standard InChI is InChI=1S/C14H27N5O/c1-5-7-8-9-10-11-20-14-17-12(15-6-2)16-13(18-14)19(3)4/h5-11H2,1-4H3,(H,15,16,17,18). The van der Waals surface area contributed by atoms with E-state index in [2.05, 4.69) is 27.2 Å². The summed E-state index contributed by atoms with van der Waals surface area (Å²) in [6.07, 6.45) is 6.05. The van der Waals surface area contributed by atoms with Crippen molar-refractivity contribution in [3.8, 4) is 6.01 Å². The van der Waals surface area contributed by atoms with Gasteiger partial charge < -0.3 is 15.0 Å². The van der Waals surface area contributed by atoms with Gasteiger partial charge in [-0.05, 0) is 13.3 Å². The average molecular weight is 281 g/mol. The minimum Gasteiger partial charge on any atom is -0.463 e. The quantitative estimate of drug-likeness (QED) is 0.665. The van der Waals surface area contributed by atoms with Crippen molar-refractivity contribution in [3.05, 3.63) is 0 Å². The van der Waals surface area contributed by atoms with E-state index in [0.29, 0.717) is 24.5 Å². The molecule has 0 aliphatic heterocycles. The van der Waals surface area contributed by atoms with Gasteiger partial charge in [-0.2, -0.15) is 15.0 Å². The van der Waals surface area contributed by atoms with Crippen LogP contribution in [0, 0.1) is 0 Å². The first-order valence-corrected chi connectivity index (χ1v) is 7.47. The molecule has 0 radical (unpaired) electrons. The molecule has 0 aliphatic rings. The predicted molar refractivity (Wildman–Crippen MR) is 82.6 cm³/mol. The first-order chi connectivity index (χ1) is 9.67. The fraction of sp³-hybridized carbons (Fsp3) is 0.786. The Hall–Kier alpha value is -1.59. The van der Waals surface area contributed by atoms with Crippen molar-refractivity contribution >= 4 is 11.9 Å². The van der Waals surface area contributed by atoms with Crippen LogP contribution in [0.25, 0.3) is 0 Å². The number of aromatic nitrogens is 3. The molecule has 1 aromatic heterocycles. The summed E-state index contributed by atoms with van der Waals surface area (Å²) in [6.45, 7) is 5.65. The largest absolute Gasteiger partial charge is 0.463 e. The van der Waals surface area contributed by atoms with Crippen molar-refractivity contribution in [2.24, 2.45) is 0 Å². The molecule has 0 amide bonds. The summed E-state index contributed by atoms with van der Waals surface area (Å²) >= 11 is 0. The number of hydrogen-bond acceptors (Lipinski definition) is 6. The lowest BCUT2D eigenvalue weighted by Gasteiger charge is -2.13. The zero-order valence-corrected chi connectivity index (χ0v) is 13.1. The van der Waals surface area contributed by atoms with Crippen LogP contribution < -0.4 is 15.0 Å². The molecule has 0 spiro atoms. The molecule has 6 heteroatoms. The van der Waals surface area contributed by atoms with Gasteiger partial charge in [-0.15, -0.1) is 0 Å². The molecule has 1 N–H and O–H groups in total. The number of unbranched alkanes of at least 4 members (excludes halogenated alkanes) is 4. The fourth-order valence-corrected chi connectivity index (χ4v) is 1.72. The van der Waals surface area contributed by atoms with Crippen LogP contribution in [0.4, 0.5) is 11.9 Å². The first kappa shape index (κ1) is 16.5. The molecule has 0 saturated heterocycles. The van der Waals surface area contributed by atoms with Gasteiger partial charge in [0.25, 0.3) is 0 Å². The first-order valence-electron chi connectivity index (χ1n) is 7.47. The van der Waals surface area contributed by atoms with Gasteiger partial charge in [0, 0.05) is 20.6 Å². The van der Waals surface area contributed by atoms with Crippen LogP contribution in [0.2, 0.25) is 0 Å². The van der Waals surface area contributed by atoms with Crippen molar-refractivity contribution in [2.45, 2.75) is 46.0 Å². The lowest BCUT2D eigenvalue weighted by atomic mass is 10.2. The van der Waals surface area contributed by atoms with Gasteiger partial charge in [-0.25, -0.2) is 0 Å². The lowest BCUT2D eigenvalue weighted by molar-refractivity contribution is 0.281. The second kappa shape index (κ2) is 9.34. The fourth-order valence-electron chi connectivity index (χ4n) is 1.72. The summed E-state index contributed by atoms with van der Waals surface area (Å²) in [6, 6.07) is 0.398. The third kappa shape index (κ3) is 6.04. The predicted octanol–water partition coefficient (Wildman–Crippen LogP) is 2.72. The van der Waals surface area contributed by atoms with Crippen molar-refractivity contribution in [1.29, 1.82) is 0 Å². The van der Waals surface area contributed by atoms with E-state index in [9.17, 15) is 0 Å². The van der Waals surface area contributed by atoms with Gasteiger partial charge in [0.2, 0.25) is 11.9 Å². The number of nitrogens with one attached hydrogen (secondary N) is 1. The SMILES string of the molecule is CCCCCCCOc1nc(NCC)nc(N(C)C)n1. The van der Waals surface area contributed by atoms with Gasteiger partial charge in [0.1, 0.15) is 0 Å². The highest BCUT2D eigenvalue weighted by Crippen LogP contribution is 2.13. The number of hydrogen-bond donors (Lipinski definition) is 1. The number of rotatable bonds is 10. The zero-order chi connectivity index (χ0) is 14.8. The Morgan fingerprint density at radius 3 is 2.40 bits per heavy atom. The van der Waals surface area contributed by atoms with E-state index in [1.807, 2.05) is 25.9 Å². The van der Waals surface area contributed by atoms with Crippen LogP contribution in [0.1, 0.15) is 46.0 Å². The van der Waals surface area contributed by atoms with Gasteiger partial charge in [0.05, 0.1) is 6.61 Å². The van der Waals surface area contributed by atoms with E-state index in [-0.39, 0.29) is 0 Å². The molecule has 114 valence electrons. The summed E-state index contributed by atoms with van der Waals surface area (Å²) in [5.74, 6) is 1.17. The van der Waals surface area contributed by atoms with Crippen molar-refractivity contribution in [2.75, 3.05) is 37.5 Å². The highest BCUT2D eigenvalue weighted by Gasteiger charge is 2.08. The van der Waals surface area contributed by atoms with Crippen LogP contribution in [0.3, 0.4) is 0 Å². The Labute approximate surface area is 122 Å². The van der Waals surface area contributed by atoms with Crippen molar-refractivity contribution in [1.82, 2.24) is 15.0 Å². The molecule has 1 rings (SSSR count). The average Bonchev–Trinajstić information content (AvgIpc) is 2.43. The molecule has 1 aromatic rings. The third-order valence-electron chi connectivity index (χ3n) is 2.82. The Morgan fingerprint density at radius 2 is 1.75 bits per heavy atom. The van der Waals surface area contributed by atoms with Crippen LogP contribution in [0.5, 0.6) is 6.01 Å². The molecule has 0 bridgehead atoms. The monoisotopic (exact) mass is 281 g/mol. The molecule has 0 saturated carbocycles. The summed E-state index contributed by atoms with van der Waals surface area (Å²) in [7, 11) is 3.80. The topological polar surface area (TPSA) is 63.2 Å². The number of anilines is 2. The molecule has 0 atom stereocenters. The highest BCUT2D eigenvalue weighted by molar-refractivity contribution is 5.36. The minimum absolute atomic E-state index is 0.398. The molecule has 0 fully saturated rings.